The van der Waals surface area contributed by atoms with E-state index in [-0.39, 0.29) is 6.09 Å². The Labute approximate surface area is 161 Å². The number of nitrogens with zero attached hydrogens (tertiary/aromatic N) is 1. The maximum atomic E-state index is 12.1. The van der Waals surface area contributed by atoms with Crippen LogP contribution in [0.15, 0.2) is 24.3 Å². The molecular weight excluding hydrogens is 348 g/mol. The highest BCUT2D eigenvalue weighted by atomic mass is 16.6. The monoisotopic (exact) mass is 378 g/mol. The van der Waals surface area contributed by atoms with Gasteiger partial charge in [0.15, 0.2) is 0 Å². The number of carbonyl (C=O) groups excluding carboxylic acids is 2. The number of carbonyl (C=O) groups is 2. The Kier molecular flexibility index (Phi) is 7.33. The topological polar surface area (TPSA) is 77.1 Å². The Bertz CT molecular complexity index is 634. The maximum Gasteiger partial charge on any atom is 0.411 e. The molecule has 1 aromatic rings. The van der Waals surface area contributed by atoms with E-state index in [1.54, 1.807) is 24.1 Å². The second-order valence-electron chi connectivity index (χ2n) is 7.66. The van der Waals surface area contributed by atoms with Crippen molar-refractivity contribution in [1.82, 2.24) is 4.90 Å². The van der Waals surface area contributed by atoms with Crippen LogP contribution in [-0.2, 0) is 9.47 Å². The molecule has 2 rings (SSSR count). The molecule has 0 aromatic heterocycles. The van der Waals surface area contributed by atoms with Crippen LogP contribution in [0, 0.1) is 5.92 Å². The van der Waals surface area contributed by atoms with Gasteiger partial charge in [-0.15, -0.1) is 0 Å². The zero-order valence-electron chi connectivity index (χ0n) is 16.6. The molecule has 0 spiro atoms. The highest BCUT2D eigenvalue weighted by Gasteiger charge is 2.26. The van der Waals surface area contributed by atoms with Crippen LogP contribution in [-0.4, -0.2) is 49.5 Å². The van der Waals surface area contributed by atoms with E-state index >= 15 is 0 Å². The molecule has 150 valence electrons. The largest absolute Gasteiger partial charge is 0.495 e. The molecule has 1 heterocycles. The Morgan fingerprint density at radius 1 is 1.19 bits per heavy atom. The standard InChI is InChI=1S/C20H30N2O5/c1-20(2,3)27-19(24)22-12-9-15(10-13-22)11-14-26-18(23)21-16-7-5-6-8-17(16)25-4/h5-8,15H,9-14H2,1-4H3,(H,21,23). The molecule has 1 fully saturated rings. The smallest absolute Gasteiger partial charge is 0.411 e. The van der Waals surface area contributed by atoms with Crippen molar-refractivity contribution in [3.05, 3.63) is 24.3 Å². The lowest BCUT2D eigenvalue weighted by Crippen LogP contribution is -2.41. The van der Waals surface area contributed by atoms with E-state index in [2.05, 4.69) is 5.32 Å². The molecule has 2 amide bonds. The van der Waals surface area contributed by atoms with Crippen LogP contribution < -0.4 is 10.1 Å². The molecule has 0 bridgehead atoms. The van der Waals surface area contributed by atoms with Gasteiger partial charge < -0.3 is 19.1 Å². The van der Waals surface area contributed by atoms with Crippen molar-refractivity contribution in [2.75, 3.05) is 32.1 Å². The van der Waals surface area contributed by atoms with Crippen LogP contribution in [0.1, 0.15) is 40.0 Å². The molecule has 7 nitrogen and oxygen atoms in total. The fourth-order valence-electron chi connectivity index (χ4n) is 2.94. The Morgan fingerprint density at radius 3 is 2.48 bits per heavy atom. The summed E-state index contributed by atoms with van der Waals surface area (Å²) >= 11 is 0. The number of ether oxygens (including phenoxy) is 3. The predicted octanol–water partition coefficient (Wildman–Crippen LogP) is 4.28. The molecule has 0 unspecified atom stereocenters. The van der Waals surface area contributed by atoms with Crippen molar-refractivity contribution in [2.24, 2.45) is 5.92 Å². The van der Waals surface area contributed by atoms with Gasteiger partial charge in [-0.1, -0.05) is 12.1 Å². The van der Waals surface area contributed by atoms with Crippen molar-refractivity contribution in [2.45, 2.75) is 45.6 Å². The molecule has 7 heteroatoms. The molecule has 1 N–H and O–H groups in total. The summed E-state index contributed by atoms with van der Waals surface area (Å²) in [6, 6.07) is 7.18. The summed E-state index contributed by atoms with van der Waals surface area (Å²) in [6.07, 6.45) is 1.80. The molecule has 1 aromatic carbocycles. The van der Waals surface area contributed by atoms with Gasteiger partial charge in [0.05, 0.1) is 19.4 Å². The third-order valence-electron chi connectivity index (χ3n) is 4.37. The third-order valence-corrected chi connectivity index (χ3v) is 4.37. The number of likely N-dealkylation sites (tertiary alicyclic amines) is 1. The minimum atomic E-state index is -0.495. The van der Waals surface area contributed by atoms with Crippen molar-refractivity contribution in [3.8, 4) is 5.75 Å². The van der Waals surface area contributed by atoms with Crippen molar-refractivity contribution in [1.29, 1.82) is 0 Å². The molecule has 1 saturated heterocycles. The first-order valence-electron chi connectivity index (χ1n) is 9.33. The number of anilines is 1. The van der Waals surface area contributed by atoms with Crippen LogP contribution in [0.5, 0.6) is 5.75 Å². The highest BCUT2D eigenvalue weighted by Crippen LogP contribution is 2.24. The van der Waals surface area contributed by atoms with E-state index in [1.807, 2.05) is 32.9 Å². The zero-order valence-corrected chi connectivity index (χ0v) is 16.6. The number of nitrogens with one attached hydrogen (secondary N) is 1. The third kappa shape index (κ3) is 7.00. The first kappa shape index (κ1) is 20.9. The first-order valence-corrected chi connectivity index (χ1v) is 9.33. The fraction of sp³-hybridized carbons (Fsp3) is 0.600. The van der Waals surface area contributed by atoms with E-state index in [1.165, 1.54) is 0 Å². The van der Waals surface area contributed by atoms with Crippen molar-refractivity contribution >= 4 is 17.9 Å². The molecule has 0 saturated carbocycles. The lowest BCUT2D eigenvalue weighted by molar-refractivity contribution is 0.0175. The summed E-state index contributed by atoms with van der Waals surface area (Å²) < 4.78 is 15.9. The molecule has 0 aliphatic carbocycles. The van der Waals surface area contributed by atoms with Gasteiger partial charge in [-0.3, -0.25) is 5.32 Å². The van der Waals surface area contributed by atoms with Crippen LogP contribution in [0.25, 0.3) is 0 Å². The zero-order chi connectivity index (χ0) is 19.9. The van der Waals surface area contributed by atoms with Crippen LogP contribution in [0.4, 0.5) is 15.3 Å². The summed E-state index contributed by atoms with van der Waals surface area (Å²) in [5, 5.41) is 2.69. The van der Waals surface area contributed by atoms with E-state index in [4.69, 9.17) is 14.2 Å². The summed E-state index contributed by atoms with van der Waals surface area (Å²) in [5.74, 6) is 1.02. The van der Waals surface area contributed by atoms with Gasteiger partial charge in [0, 0.05) is 13.1 Å². The van der Waals surface area contributed by atoms with E-state index in [0.717, 1.165) is 19.3 Å². The fourth-order valence-corrected chi connectivity index (χ4v) is 2.94. The molecule has 1 aliphatic rings. The Morgan fingerprint density at radius 2 is 1.85 bits per heavy atom. The predicted molar refractivity (Wildman–Crippen MR) is 103 cm³/mol. The summed E-state index contributed by atoms with van der Waals surface area (Å²) in [6.45, 7) is 7.29. The van der Waals surface area contributed by atoms with Gasteiger partial charge in [-0.05, 0) is 58.1 Å². The Balaban J connectivity index is 1.67. The first-order chi connectivity index (χ1) is 12.8. The minimum absolute atomic E-state index is 0.256. The summed E-state index contributed by atoms with van der Waals surface area (Å²) in [4.78, 5) is 25.8. The van der Waals surface area contributed by atoms with Gasteiger partial charge in [-0.2, -0.15) is 0 Å². The number of methoxy groups -OCH3 is 1. The maximum absolute atomic E-state index is 12.1. The van der Waals surface area contributed by atoms with Gasteiger partial charge in [0.25, 0.3) is 0 Å². The normalized spacial score (nSPS) is 15.2. The van der Waals surface area contributed by atoms with Gasteiger partial charge in [-0.25, -0.2) is 9.59 Å². The van der Waals surface area contributed by atoms with E-state index in [0.29, 0.717) is 37.1 Å². The number of para-hydroxylation sites is 2. The molecule has 0 atom stereocenters. The lowest BCUT2D eigenvalue weighted by atomic mass is 9.94. The Hall–Kier alpha value is -2.44. The molecule has 27 heavy (non-hydrogen) atoms. The van der Waals surface area contributed by atoms with Crippen LogP contribution in [0.2, 0.25) is 0 Å². The minimum Gasteiger partial charge on any atom is -0.495 e. The quantitative estimate of drug-likeness (QED) is 0.827. The SMILES string of the molecule is COc1ccccc1NC(=O)OCCC1CCN(C(=O)OC(C)(C)C)CC1. The summed E-state index contributed by atoms with van der Waals surface area (Å²) in [5.41, 5.74) is 0.104. The molecular formula is C20H30N2O5. The second-order valence-corrected chi connectivity index (χ2v) is 7.66. The number of benzene rings is 1. The number of amides is 2. The van der Waals surface area contributed by atoms with Gasteiger partial charge in [0.2, 0.25) is 0 Å². The van der Waals surface area contributed by atoms with Crippen molar-refractivity contribution in [3.63, 3.8) is 0 Å². The van der Waals surface area contributed by atoms with Gasteiger partial charge >= 0.3 is 12.2 Å². The van der Waals surface area contributed by atoms with Gasteiger partial charge in [0.1, 0.15) is 11.4 Å². The summed E-state index contributed by atoms with van der Waals surface area (Å²) in [7, 11) is 1.55. The van der Waals surface area contributed by atoms with Crippen molar-refractivity contribution < 1.29 is 23.8 Å². The second kappa shape index (κ2) is 9.48. The van der Waals surface area contributed by atoms with E-state index < -0.39 is 11.7 Å². The number of rotatable bonds is 5. The lowest BCUT2D eigenvalue weighted by Gasteiger charge is -2.33. The average molecular weight is 378 g/mol. The van der Waals surface area contributed by atoms with E-state index in [9.17, 15) is 9.59 Å². The average Bonchev–Trinajstić information content (AvgIpc) is 2.61. The van der Waals surface area contributed by atoms with Crippen LogP contribution >= 0.6 is 0 Å². The molecule has 0 radical (unpaired) electrons. The number of hydrogen-bond acceptors (Lipinski definition) is 5. The highest BCUT2D eigenvalue weighted by molar-refractivity contribution is 5.86. The molecule has 1 aliphatic heterocycles. The van der Waals surface area contributed by atoms with Crippen LogP contribution in [0.3, 0.4) is 0 Å². The number of piperidine rings is 1. The number of hydrogen-bond donors (Lipinski definition) is 1.